The topological polar surface area (TPSA) is 75.6 Å². The van der Waals surface area contributed by atoms with E-state index < -0.39 is 41.7 Å². The highest BCUT2D eigenvalue weighted by atomic mass is 19.4. The molecule has 18 heavy (non-hydrogen) atoms. The highest BCUT2D eigenvalue weighted by molar-refractivity contribution is 5.88. The van der Waals surface area contributed by atoms with Crippen molar-refractivity contribution in [3.63, 3.8) is 0 Å². The average molecular weight is 269 g/mol. The van der Waals surface area contributed by atoms with Gasteiger partial charge in [0.05, 0.1) is 5.92 Å². The molecule has 2 N–H and O–H groups in total. The van der Waals surface area contributed by atoms with Gasteiger partial charge in [0.15, 0.2) is 5.54 Å². The number of alkyl carbamates (subject to hydrolysis) is 1. The minimum atomic E-state index is -4.66. The first-order valence-corrected chi connectivity index (χ1v) is 5.20. The summed E-state index contributed by atoms with van der Waals surface area (Å²) < 4.78 is 42.0. The number of hydrogen-bond acceptors (Lipinski definition) is 3. The van der Waals surface area contributed by atoms with E-state index in [0.29, 0.717) is 0 Å². The van der Waals surface area contributed by atoms with E-state index in [2.05, 4.69) is 0 Å². The van der Waals surface area contributed by atoms with Crippen LogP contribution in [-0.2, 0) is 9.53 Å². The third-order valence-electron chi connectivity index (χ3n) is 2.46. The van der Waals surface area contributed by atoms with Gasteiger partial charge in [-0.3, -0.25) is 0 Å². The maximum absolute atomic E-state index is 12.4. The molecular formula is C10H14F3NO4. The van der Waals surface area contributed by atoms with E-state index in [9.17, 15) is 22.8 Å². The summed E-state index contributed by atoms with van der Waals surface area (Å²) in [4.78, 5) is 22.2. The molecule has 0 saturated heterocycles. The lowest BCUT2D eigenvalue weighted by Crippen LogP contribution is -2.48. The molecule has 0 radical (unpaired) electrons. The van der Waals surface area contributed by atoms with Gasteiger partial charge in [-0.2, -0.15) is 13.2 Å². The maximum Gasteiger partial charge on any atom is 0.408 e. The van der Waals surface area contributed by atoms with Crippen LogP contribution in [0.1, 0.15) is 27.2 Å². The molecule has 1 aliphatic carbocycles. The van der Waals surface area contributed by atoms with E-state index in [0.717, 1.165) is 0 Å². The van der Waals surface area contributed by atoms with E-state index in [1.54, 1.807) is 5.32 Å². The second-order valence-corrected chi connectivity index (χ2v) is 5.20. The Hall–Kier alpha value is -1.47. The molecule has 1 saturated carbocycles. The molecule has 2 atom stereocenters. The summed E-state index contributed by atoms with van der Waals surface area (Å²) in [7, 11) is 0. The molecular weight excluding hydrogens is 255 g/mol. The van der Waals surface area contributed by atoms with Gasteiger partial charge in [-0.1, -0.05) is 0 Å². The summed E-state index contributed by atoms with van der Waals surface area (Å²) in [6, 6.07) is 0. The molecule has 5 nitrogen and oxygen atoms in total. The Morgan fingerprint density at radius 1 is 1.33 bits per heavy atom. The molecule has 1 rings (SSSR count). The minimum absolute atomic E-state index is 0.676. The number of alkyl halides is 3. The van der Waals surface area contributed by atoms with Crippen LogP contribution in [-0.4, -0.2) is 34.5 Å². The Morgan fingerprint density at radius 3 is 2.11 bits per heavy atom. The lowest BCUT2D eigenvalue weighted by Gasteiger charge is -2.22. The van der Waals surface area contributed by atoms with Crippen LogP contribution in [0, 0.1) is 5.92 Å². The summed E-state index contributed by atoms with van der Waals surface area (Å²) in [6.07, 6.45) is -6.50. The van der Waals surface area contributed by atoms with Crippen molar-refractivity contribution in [2.24, 2.45) is 5.92 Å². The highest BCUT2D eigenvalue weighted by Gasteiger charge is 2.72. The van der Waals surface area contributed by atoms with Gasteiger partial charge in [-0.15, -0.1) is 0 Å². The second kappa shape index (κ2) is 4.03. The number of rotatable bonds is 2. The third kappa shape index (κ3) is 3.05. The van der Waals surface area contributed by atoms with E-state index in [4.69, 9.17) is 9.84 Å². The van der Waals surface area contributed by atoms with E-state index in [-0.39, 0.29) is 0 Å². The molecule has 0 bridgehead atoms. The Balaban J connectivity index is 2.75. The highest BCUT2D eigenvalue weighted by Crippen LogP contribution is 2.53. The number of hydrogen-bond donors (Lipinski definition) is 2. The summed E-state index contributed by atoms with van der Waals surface area (Å²) in [6.45, 7) is 4.57. The van der Waals surface area contributed by atoms with Crippen molar-refractivity contribution in [1.82, 2.24) is 5.32 Å². The number of amides is 1. The number of nitrogens with one attached hydrogen (secondary N) is 1. The van der Waals surface area contributed by atoms with Crippen LogP contribution in [0.15, 0.2) is 0 Å². The minimum Gasteiger partial charge on any atom is -0.479 e. The van der Waals surface area contributed by atoms with E-state index >= 15 is 0 Å². The Morgan fingerprint density at radius 2 is 1.83 bits per heavy atom. The van der Waals surface area contributed by atoms with Crippen LogP contribution >= 0.6 is 0 Å². The van der Waals surface area contributed by atoms with Crippen LogP contribution in [0.5, 0.6) is 0 Å². The smallest absolute Gasteiger partial charge is 0.408 e. The molecule has 0 heterocycles. The van der Waals surface area contributed by atoms with Crippen molar-refractivity contribution in [3.05, 3.63) is 0 Å². The molecule has 0 aromatic rings. The monoisotopic (exact) mass is 269 g/mol. The quantitative estimate of drug-likeness (QED) is 0.803. The Labute approximate surface area is 101 Å². The lowest BCUT2D eigenvalue weighted by atomic mass is 10.2. The predicted octanol–water partition coefficient (Wildman–Crippen LogP) is 1.92. The largest absolute Gasteiger partial charge is 0.479 e. The molecule has 0 aromatic heterocycles. The number of carboxylic acid groups (broad SMARTS) is 1. The fraction of sp³-hybridized carbons (Fsp3) is 0.800. The number of aliphatic carboxylic acids is 1. The van der Waals surface area contributed by atoms with Gasteiger partial charge in [0.1, 0.15) is 5.60 Å². The fourth-order valence-electron chi connectivity index (χ4n) is 1.57. The standard InChI is InChI=1S/C10H14F3NO4/c1-8(2,3)18-7(17)14-9(6(15)16)4-5(9)10(11,12)13/h5H,4H2,1-3H3,(H,14,17)(H,15,16)/t5-,9+/m1/s1. The summed E-state index contributed by atoms with van der Waals surface area (Å²) in [5.74, 6) is -3.79. The molecule has 0 aliphatic heterocycles. The SMILES string of the molecule is CC(C)(C)OC(=O)N[C@@]1(C(=O)O)C[C@H]1C(F)(F)F. The molecule has 1 aliphatic rings. The molecule has 104 valence electrons. The summed E-state index contributed by atoms with van der Waals surface area (Å²) >= 11 is 0. The molecule has 1 fully saturated rings. The zero-order valence-corrected chi connectivity index (χ0v) is 10.1. The zero-order valence-electron chi connectivity index (χ0n) is 10.1. The lowest BCUT2D eigenvalue weighted by molar-refractivity contribution is -0.163. The summed E-state index contributed by atoms with van der Waals surface area (Å²) in [5, 5.41) is 10.6. The van der Waals surface area contributed by atoms with Crippen molar-refractivity contribution in [2.75, 3.05) is 0 Å². The van der Waals surface area contributed by atoms with Gasteiger partial charge < -0.3 is 15.2 Å². The van der Waals surface area contributed by atoms with Crippen LogP contribution in [0.25, 0.3) is 0 Å². The first kappa shape index (κ1) is 14.6. The number of halogens is 3. The van der Waals surface area contributed by atoms with Gasteiger partial charge in [-0.25, -0.2) is 9.59 Å². The number of carbonyl (C=O) groups is 2. The number of carbonyl (C=O) groups excluding carboxylic acids is 1. The number of ether oxygens (including phenoxy) is 1. The van der Waals surface area contributed by atoms with E-state index in [1.807, 2.05) is 0 Å². The van der Waals surface area contributed by atoms with Gasteiger partial charge in [-0.05, 0) is 27.2 Å². The van der Waals surface area contributed by atoms with Crippen LogP contribution < -0.4 is 5.32 Å². The van der Waals surface area contributed by atoms with E-state index in [1.165, 1.54) is 20.8 Å². The van der Waals surface area contributed by atoms with Gasteiger partial charge in [0, 0.05) is 0 Å². The molecule has 0 unspecified atom stereocenters. The predicted molar refractivity (Wildman–Crippen MR) is 53.9 cm³/mol. The Kier molecular flexibility index (Phi) is 3.27. The van der Waals surface area contributed by atoms with Crippen molar-refractivity contribution < 1.29 is 32.6 Å². The van der Waals surface area contributed by atoms with Crippen LogP contribution in [0.3, 0.4) is 0 Å². The zero-order chi connectivity index (χ0) is 14.4. The van der Waals surface area contributed by atoms with Crippen molar-refractivity contribution >= 4 is 12.1 Å². The number of carboxylic acids is 1. The first-order valence-electron chi connectivity index (χ1n) is 5.20. The normalized spacial score (nSPS) is 27.6. The maximum atomic E-state index is 12.4. The molecule has 8 heteroatoms. The van der Waals surface area contributed by atoms with Crippen molar-refractivity contribution in [2.45, 2.75) is 44.5 Å². The Bertz CT molecular complexity index is 374. The van der Waals surface area contributed by atoms with Crippen LogP contribution in [0.4, 0.5) is 18.0 Å². The summed E-state index contributed by atoms with van der Waals surface area (Å²) in [5.41, 5.74) is -3.20. The fourth-order valence-corrected chi connectivity index (χ4v) is 1.57. The van der Waals surface area contributed by atoms with Gasteiger partial charge in [0.2, 0.25) is 0 Å². The van der Waals surface area contributed by atoms with Gasteiger partial charge >= 0.3 is 18.2 Å². The van der Waals surface area contributed by atoms with Crippen molar-refractivity contribution in [1.29, 1.82) is 0 Å². The average Bonchev–Trinajstić information content (AvgIpc) is 2.75. The van der Waals surface area contributed by atoms with Gasteiger partial charge in [0.25, 0.3) is 0 Å². The third-order valence-corrected chi connectivity index (χ3v) is 2.46. The first-order chi connectivity index (χ1) is 7.88. The van der Waals surface area contributed by atoms with Crippen LogP contribution in [0.2, 0.25) is 0 Å². The van der Waals surface area contributed by atoms with Crippen molar-refractivity contribution in [3.8, 4) is 0 Å². The molecule has 0 spiro atoms. The molecule has 1 amide bonds. The second-order valence-electron chi connectivity index (χ2n) is 5.20. The molecule has 0 aromatic carbocycles.